The summed E-state index contributed by atoms with van der Waals surface area (Å²) in [4.78, 5) is 26.8. The quantitative estimate of drug-likeness (QED) is 0.431. The third kappa shape index (κ3) is 5.15. The second kappa shape index (κ2) is 9.69. The van der Waals surface area contributed by atoms with E-state index in [1.807, 2.05) is 19.9 Å². The number of hydrogen-bond acceptors (Lipinski definition) is 5. The summed E-state index contributed by atoms with van der Waals surface area (Å²) in [7, 11) is 0. The summed E-state index contributed by atoms with van der Waals surface area (Å²) < 4.78 is 12.0. The van der Waals surface area contributed by atoms with Gasteiger partial charge in [-0.05, 0) is 71.4 Å². The molecular formula is C21H19BrClNO4S. The van der Waals surface area contributed by atoms with Gasteiger partial charge in [0.15, 0.2) is 0 Å². The fourth-order valence-corrected chi connectivity index (χ4v) is 4.19. The molecule has 0 aliphatic carbocycles. The van der Waals surface area contributed by atoms with Crippen LogP contribution in [0.4, 0.5) is 4.79 Å². The number of ether oxygens (including phenoxy) is 2. The average Bonchev–Trinajstić information content (AvgIpc) is 2.94. The van der Waals surface area contributed by atoms with E-state index in [-0.39, 0.29) is 17.7 Å². The lowest BCUT2D eigenvalue weighted by Gasteiger charge is -2.13. The van der Waals surface area contributed by atoms with E-state index in [9.17, 15) is 9.59 Å². The standard InChI is InChI=1S/C21H19BrClNO4S/c1-3-27-17-11-18(28-4-2)16(22)9-14(17)10-19-20(25)24(21(26)29-19)12-13-5-7-15(23)8-6-13/h5-11H,3-4,12H2,1-2H3/b19-10-. The van der Waals surface area contributed by atoms with Gasteiger partial charge in [-0.25, -0.2) is 0 Å². The van der Waals surface area contributed by atoms with Gasteiger partial charge in [0.05, 0.1) is 29.1 Å². The van der Waals surface area contributed by atoms with Crippen LogP contribution < -0.4 is 9.47 Å². The maximum Gasteiger partial charge on any atom is 0.293 e. The van der Waals surface area contributed by atoms with E-state index in [1.165, 1.54) is 4.90 Å². The van der Waals surface area contributed by atoms with Crippen molar-refractivity contribution in [2.45, 2.75) is 20.4 Å². The molecule has 1 saturated heterocycles. The van der Waals surface area contributed by atoms with Crippen molar-refractivity contribution in [3.8, 4) is 11.5 Å². The van der Waals surface area contributed by atoms with Crippen LogP contribution in [0, 0.1) is 0 Å². The highest BCUT2D eigenvalue weighted by Gasteiger charge is 2.35. The monoisotopic (exact) mass is 495 g/mol. The van der Waals surface area contributed by atoms with E-state index in [1.54, 1.807) is 36.4 Å². The number of carbonyl (C=O) groups is 2. The topological polar surface area (TPSA) is 55.8 Å². The molecule has 5 nitrogen and oxygen atoms in total. The molecule has 0 aromatic heterocycles. The highest BCUT2D eigenvalue weighted by Crippen LogP contribution is 2.38. The Kier molecular flexibility index (Phi) is 7.27. The van der Waals surface area contributed by atoms with Crippen LogP contribution in [-0.2, 0) is 11.3 Å². The lowest BCUT2D eigenvalue weighted by atomic mass is 10.1. The second-order valence-corrected chi connectivity index (χ2v) is 8.36. The Morgan fingerprint density at radius 3 is 2.38 bits per heavy atom. The van der Waals surface area contributed by atoms with Gasteiger partial charge in [-0.1, -0.05) is 23.7 Å². The maximum atomic E-state index is 12.8. The third-order valence-corrected chi connectivity index (χ3v) is 5.86. The van der Waals surface area contributed by atoms with Crippen LogP contribution in [0.3, 0.4) is 0 Å². The van der Waals surface area contributed by atoms with Crippen molar-refractivity contribution in [3.63, 3.8) is 0 Å². The van der Waals surface area contributed by atoms with Crippen molar-refractivity contribution < 1.29 is 19.1 Å². The first-order chi connectivity index (χ1) is 13.9. The van der Waals surface area contributed by atoms with Crippen molar-refractivity contribution in [2.75, 3.05) is 13.2 Å². The molecule has 2 aromatic carbocycles. The number of hydrogen-bond donors (Lipinski definition) is 0. The van der Waals surface area contributed by atoms with E-state index in [2.05, 4.69) is 15.9 Å². The lowest BCUT2D eigenvalue weighted by Crippen LogP contribution is -2.27. The van der Waals surface area contributed by atoms with E-state index < -0.39 is 0 Å². The van der Waals surface area contributed by atoms with Gasteiger partial charge in [-0.3, -0.25) is 14.5 Å². The highest BCUT2D eigenvalue weighted by atomic mass is 79.9. The highest BCUT2D eigenvalue weighted by molar-refractivity contribution is 9.10. The van der Waals surface area contributed by atoms with Crippen LogP contribution in [-0.4, -0.2) is 29.3 Å². The molecule has 0 unspecified atom stereocenters. The van der Waals surface area contributed by atoms with E-state index in [0.29, 0.717) is 40.2 Å². The van der Waals surface area contributed by atoms with Crippen LogP contribution in [0.1, 0.15) is 25.0 Å². The third-order valence-electron chi connectivity index (χ3n) is 4.08. The van der Waals surface area contributed by atoms with Gasteiger partial charge in [0.1, 0.15) is 11.5 Å². The molecule has 1 fully saturated rings. The Hall–Kier alpha value is -1.96. The summed E-state index contributed by atoms with van der Waals surface area (Å²) in [5.41, 5.74) is 1.52. The largest absolute Gasteiger partial charge is 0.493 e. The van der Waals surface area contributed by atoms with Gasteiger partial charge in [0, 0.05) is 16.7 Å². The molecule has 8 heteroatoms. The number of imide groups is 1. The first kappa shape index (κ1) is 21.7. The van der Waals surface area contributed by atoms with Gasteiger partial charge in [-0.2, -0.15) is 0 Å². The first-order valence-corrected chi connectivity index (χ1v) is 11.0. The zero-order valence-corrected chi connectivity index (χ0v) is 19.1. The molecule has 0 N–H and O–H groups in total. The fourth-order valence-electron chi connectivity index (χ4n) is 2.76. The van der Waals surface area contributed by atoms with Gasteiger partial charge in [0.25, 0.3) is 11.1 Å². The molecule has 1 aliphatic heterocycles. The van der Waals surface area contributed by atoms with Gasteiger partial charge >= 0.3 is 0 Å². The number of amides is 2. The lowest BCUT2D eigenvalue weighted by molar-refractivity contribution is -0.123. The molecule has 2 aromatic rings. The van der Waals surface area contributed by atoms with Crippen molar-refractivity contribution in [1.29, 1.82) is 0 Å². The van der Waals surface area contributed by atoms with Crippen LogP contribution in [0.5, 0.6) is 11.5 Å². The molecule has 0 radical (unpaired) electrons. The number of nitrogens with zero attached hydrogens (tertiary/aromatic N) is 1. The number of carbonyl (C=O) groups excluding carboxylic acids is 2. The smallest absolute Gasteiger partial charge is 0.293 e. The van der Waals surface area contributed by atoms with Crippen molar-refractivity contribution in [1.82, 2.24) is 4.90 Å². The molecule has 0 bridgehead atoms. The van der Waals surface area contributed by atoms with Gasteiger partial charge in [-0.15, -0.1) is 0 Å². The minimum Gasteiger partial charge on any atom is -0.493 e. The summed E-state index contributed by atoms with van der Waals surface area (Å²) >= 11 is 10.3. The SMILES string of the molecule is CCOc1cc(OCC)c(/C=C2\SC(=O)N(Cc3ccc(Cl)cc3)C2=O)cc1Br. The maximum absolute atomic E-state index is 12.8. The summed E-state index contributed by atoms with van der Waals surface area (Å²) in [6.45, 7) is 4.97. The summed E-state index contributed by atoms with van der Waals surface area (Å²) in [5.74, 6) is 0.912. The van der Waals surface area contributed by atoms with Crippen molar-refractivity contribution in [3.05, 3.63) is 61.9 Å². The Balaban J connectivity index is 1.88. The minimum absolute atomic E-state index is 0.199. The van der Waals surface area contributed by atoms with Crippen molar-refractivity contribution >= 4 is 56.5 Å². The van der Waals surface area contributed by atoms with Crippen LogP contribution >= 0.6 is 39.3 Å². The Bertz CT molecular complexity index is 962. The first-order valence-electron chi connectivity index (χ1n) is 9.01. The Morgan fingerprint density at radius 1 is 1.07 bits per heavy atom. The zero-order chi connectivity index (χ0) is 21.0. The second-order valence-electron chi connectivity index (χ2n) is 6.08. The molecule has 0 saturated carbocycles. The normalized spacial score (nSPS) is 15.3. The number of thioether (sulfide) groups is 1. The number of rotatable bonds is 7. The van der Waals surface area contributed by atoms with Crippen LogP contribution in [0.25, 0.3) is 6.08 Å². The number of benzene rings is 2. The fraction of sp³-hybridized carbons (Fsp3) is 0.238. The predicted octanol–water partition coefficient (Wildman–Crippen LogP) is 6.14. The van der Waals surface area contributed by atoms with Gasteiger partial charge < -0.3 is 9.47 Å². The zero-order valence-electron chi connectivity index (χ0n) is 15.9. The molecule has 0 spiro atoms. The Labute approximate surface area is 187 Å². The summed E-state index contributed by atoms with van der Waals surface area (Å²) in [5, 5.41) is 0.298. The van der Waals surface area contributed by atoms with E-state index >= 15 is 0 Å². The molecule has 0 atom stereocenters. The average molecular weight is 497 g/mol. The number of halogens is 2. The molecule has 2 amide bonds. The van der Waals surface area contributed by atoms with E-state index in [4.69, 9.17) is 21.1 Å². The molecule has 1 aliphatic rings. The van der Waals surface area contributed by atoms with Gasteiger partial charge in [0.2, 0.25) is 0 Å². The molecular weight excluding hydrogens is 478 g/mol. The Morgan fingerprint density at radius 2 is 1.72 bits per heavy atom. The summed E-state index contributed by atoms with van der Waals surface area (Å²) in [6, 6.07) is 10.7. The minimum atomic E-state index is -0.331. The summed E-state index contributed by atoms with van der Waals surface area (Å²) in [6.07, 6.45) is 1.68. The van der Waals surface area contributed by atoms with Crippen molar-refractivity contribution in [2.24, 2.45) is 0 Å². The van der Waals surface area contributed by atoms with Crippen LogP contribution in [0.2, 0.25) is 5.02 Å². The predicted molar refractivity (Wildman–Crippen MR) is 119 cm³/mol. The molecule has 3 rings (SSSR count). The van der Waals surface area contributed by atoms with Crippen LogP contribution in [0.15, 0.2) is 45.8 Å². The molecule has 29 heavy (non-hydrogen) atoms. The molecule has 152 valence electrons. The molecule has 1 heterocycles. The van der Waals surface area contributed by atoms with E-state index in [0.717, 1.165) is 21.8 Å².